The van der Waals surface area contributed by atoms with Crippen molar-refractivity contribution in [3.63, 3.8) is 0 Å². The van der Waals surface area contributed by atoms with Crippen LogP contribution in [0.5, 0.6) is 0 Å². The van der Waals surface area contributed by atoms with Gasteiger partial charge in [0.15, 0.2) is 0 Å². The molecular weight excluding hydrogens is 272 g/mol. The highest BCUT2D eigenvalue weighted by atomic mass is 35.5. The molecule has 114 valence electrons. The van der Waals surface area contributed by atoms with E-state index in [0.29, 0.717) is 23.7 Å². The largest absolute Gasteiger partial charge is 0.387 e. The fraction of sp³-hybridized carbons (Fsp3) is 0.625. The first-order valence-electron chi connectivity index (χ1n) is 7.31. The summed E-state index contributed by atoms with van der Waals surface area (Å²) in [6.45, 7) is 11.3. The molecule has 0 radical (unpaired) electrons. The van der Waals surface area contributed by atoms with Gasteiger partial charge in [0.25, 0.3) is 0 Å². The van der Waals surface area contributed by atoms with Crippen LogP contribution in [-0.2, 0) is 0 Å². The highest BCUT2D eigenvalue weighted by molar-refractivity contribution is 6.30. The Hall–Kier alpha value is -0.610. The van der Waals surface area contributed by atoms with Gasteiger partial charge in [-0.15, -0.1) is 0 Å². The summed E-state index contributed by atoms with van der Waals surface area (Å²) in [6.07, 6.45) is -0.487. The maximum absolute atomic E-state index is 10.1. The molecule has 0 aliphatic carbocycles. The number of nitrogens with one attached hydrogen (secondary N) is 1. The van der Waals surface area contributed by atoms with Crippen molar-refractivity contribution in [3.8, 4) is 0 Å². The summed E-state index contributed by atoms with van der Waals surface area (Å²) in [5.41, 5.74) is 0.895. The van der Waals surface area contributed by atoms with E-state index in [0.717, 1.165) is 18.7 Å². The van der Waals surface area contributed by atoms with Crippen molar-refractivity contribution in [2.24, 2.45) is 0 Å². The molecule has 0 heterocycles. The maximum atomic E-state index is 10.1. The van der Waals surface area contributed by atoms with Crippen LogP contribution in [0.1, 0.15) is 39.4 Å². The zero-order valence-corrected chi connectivity index (χ0v) is 13.7. The molecule has 0 bridgehead atoms. The molecule has 3 nitrogen and oxygen atoms in total. The van der Waals surface area contributed by atoms with Crippen LogP contribution in [0.25, 0.3) is 0 Å². The van der Waals surface area contributed by atoms with E-state index in [4.69, 9.17) is 11.6 Å². The lowest BCUT2D eigenvalue weighted by Gasteiger charge is -2.30. The van der Waals surface area contributed by atoms with Crippen molar-refractivity contribution in [1.82, 2.24) is 10.2 Å². The second kappa shape index (κ2) is 8.63. The molecule has 0 spiro atoms. The van der Waals surface area contributed by atoms with Gasteiger partial charge >= 0.3 is 0 Å². The number of nitrogens with zero attached hydrogens (tertiary/aromatic N) is 1. The third-order valence-corrected chi connectivity index (χ3v) is 3.72. The molecular formula is C16H27ClN2O. The Balaban J connectivity index is 2.31. The molecule has 0 aliphatic heterocycles. The van der Waals surface area contributed by atoms with Gasteiger partial charge in [-0.25, -0.2) is 0 Å². The smallest absolute Gasteiger partial charge is 0.0914 e. The van der Waals surface area contributed by atoms with Crippen molar-refractivity contribution in [2.45, 2.75) is 45.9 Å². The van der Waals surface area contributed by atoms with Gasteiger partial charge in [0.2, 0.25) is 0 Å². The Morgan fingerprint density at radius 1 is 1.10 bits per heavy atom. The number of aliphatic hydroxyl groups is 1. The van der Waals surface area contributed by atoms with Crippen LogP contribution in [0, 0.1) is 0 Å². The van der Waals surface area contributed by atoms with Gasteiger partial charge in [-0.1, -0.05) is 23.7 Å². The fourth-order valence-corrected chi connectivity index (χ4v) is 2.49. The standard InChI is InChI=1S/C16H27ClN2O/c1-12(2)19(13(3)4)10-9-18-11-16(20)14-5-7-15(17)8-6-14/h5-8,12-13,16,18,20H,9-11H2,1-4H3. The molecule has 1 atom stereocenters. The van der Waals surface area contributed by atoms with Gasteiger partial charge in [-0.3, -0.25) is 4.90 Å². The molecule has 2 N–H and O–H groups in total. The maximum Gasteiger partial charge on any atom is 0.0914 e. The molecule has 0 aliphatic rings. The number of hydrogen-bond donors (Lipinski definition) is 2. The first kappa shape index (κ1) is 17.4. The molecule has 0 amide bonds. The van der Waals surface area contributed by atoms with Gasteiger partial charge < -0.3 is 10.4 Å². The molecule has 20 heavy (non-hydrogen) atoms. The van der Waals surface area contributed by atoms with Crippen molar-refractivity contribution in [1.29, 1.82) is 0 Å². The number of hydrogen-bond acceptors (Lipinski definition) is 3. The highest BCUT2D eigenvalue weighted by Crippen LogP contribution is 2.15. The van der Waals surface area contributed by atoms with E-state index in [9.17, 15) is 5.11 Å². The fourth-order valence-electron chi connectivity index (χ4n) is 2.36. The zero-order chi connectivity index (χ0) is 15.1. The Kier molecular flexibility index (Phi) is 7.52. The minimum Gasteiger partial charge on any atom is -0.387 e. The molecule has 0 saturated carbocycles. The second-order valence-corrected chi connectivity index (χ2v) is 6.13. The normalized spacial score (nSPS) is 13.4. The van der Waals surface area contributed by atoms with Crippen molar-refractivity contribution >= 4 is 11.6 Å². The molecule has 0 saturated heterocycles. The van der Waals surface area contributed by atoms with E-state index in [1.807, 2.05) is 12.1 Å². The first-order valence-corrected chi connectivity index (χ1v) is 7.69. The molecule has 0 fully saturated rings. The Bertz CT molecular complexity index is 371. The molecule has 1 aromatic rings. The monoisotopic (exact) mass is 298 g/mol. The predicted molar refractivity (Wildman–Crippen MR) is 86.3 cm³/mol. The summed E-state index contributed by atoms with van der Waals surface area (Å²) >= 11 is 5.83. The summed E-state index contributed by atoms with van der Waals surface area (Å²) in [7, 11) is 0. The molecule has 0 aromatic heterocycles. The van der Waals surface area contributed by atoms with Gasteiger partial charge in [-0.05, 0) is 45.4 Å². The Morgan fingerprint density at radius 2 is 1.65 bits per heavy atom. The highest BCUT2D eigenvalue weighted by Gasteiger charge is 2.13. The van der Waals surface area contributed by atoms with E-state index in [-0.39, 0.29) is 0 Å². The lowest BCUT2D eigenvalue weighted by Crippen LogP contribution is -2.42. The molecule has 4 heteroatoms. The van der Waals surface area contributed by atoms with E-state index in [1.165, 1.54) is 0 Å². The topological polar surface area (TPSA) is 35.5 Å². The lowest BCUT2D eigenvalue weighted by atomic mass is 10.1. The third kappa shape index (κ3) is 5.80. The summed E-state index contributed by atoms with van der Waals surface area (Å²) in [4.78, 5) is 2.43. The minimum absolute atomic E-state index is 0.487. The van der Waals surface area contributed by atoms with E-state index >= 15 is 0 Å². The lowest BCUT2D eigenvalue weighted by molar-refractivity contribution is 0.157. The van der Waals surface area contributed by atoms with Gasteiger partial charge in [0, 0.05) is 36.7 Å². The van der Waals surface area contributed by atoms with Gasteiger partial charge in [0.05, 0.1) is 6.10 Å². The van der Waals surface area contributed by atoms with Crippen LogP contribution in [0.3, 0.4) is 0 Å². The number of aliphatic hydroxyl groups excluding tert-OH is 1. The van der Waals surface area contributed by atoms with Crippen LogP contribution in [-0.4, -0.2) is 41.7 Å². The van der Waals surface area contributed by atoms with Gasteiger partial charge in [-0.2, -0.15) is 0 Å². The quantitative estimate of drug-likeness (QED) is 0.724. The van der Waals surface area contributed by atoms with E-state index in [1.54, 1.807) is 12.1 Å². The number of benzene rings is 1. The second-order valence-electron chi connectivity index (χ2n) is 5.70. The number of halogens is 1. The Labute approximate surface area is 127 Å². The summed E-state index contributed by atoms with van der Waals surface area (Å²) in [5.74, 6) is 0. The summed E-state index contributed by atoms with van der Waals surface area (Å²) in [5, 5.41) is 14.1. The van der Waals surface area contributed by atoms with Crippen molar-refractivity contribution in [2.75, 3.05) is 19.6 Å². The summed E-state index contributed by atoms with van der Waals surface area (Å²) < 4.78 is 0. The average molecular weight is 299 g/mol. The minimum atomic E-state index is -0.487. The molecule has 1 aromatic carbocycles. The molecule has 1 unspecified atom stereocenters. The molecule has 1 rings (SSSR count). The van der Waals surface area contributed by atoms with Crippen LogP contribution in [0.2, 0.25) is 5.02 Å². The van der Waals surface area contributed by atoms with Crippen LogP contribution < -0.4 is 5.32 Å². The van der Waals surface area contributed by atoms with E-state index in [2.05, 4.69) is 37.9 Å². The summed E-state index contributed by atoms with van der Waals surface area (Å²) in [6, 6.07) is 8.42. The van der Waals surface area contributed by atoms with Crippen molar-refractivity contribution < 1.29 is 5.11 Å². The van der Waals surface area contributed by atoms with Crippen LogP contribution >= 0.6 is 11.6 Å². The predicted octanol–water partition coefficient (Wildman–Crippen LogP) is 3.08. The first-order chi connectivity index (χ1) is 9.41. The zero-order valence-electron chi connectivity index (χ0n) is 12.9. The van der Waals surface area contributed by atoms with Crippen LogP contribution in [0.15, 0.2) is 24.3 Å². The van der Waals surface area contributed by atoms with Gasteiger partial charge in [0.1, 0.15) is 0 Å². The van der Waals surface area contributed by atoms with E-state index < -0.39 is 6.10 Å². The number of rotatable bonds is 8. The van der Waals surface area contributed by atoms with Crippen molar-refractivity contribution in [3.05, 3.63) is 34.9 Å². The Morgan fingerprint density at radius 3 is 2.15 bits per heavy atom. The third-order valence-electron chi connectivity index (χ3n) is 3.47. The average Bonchev–Trinajstić information content (AvgIpc) is 2.38. The SMILES string of the molecule is CC(C)N(CCNCC(O)c1ccc(Cl)cc1)C(C)C. The van der Waals surface area contributed by atoms with Crippen LogP contribution in [0.4, 0.5) is 0 Å².